The zero-order chi connectivity index (χ0) is 19.2. The molecule has 2 N–H and O–H groups in total. The van der Waals surface area contributed by atoms with Gasteiger partial charge in [-0.15, -0.1) is 0 Å². The third-order valence-corrected chi connectivity index (χ3v) is 4.52. The Bertz CT molecular complexity index is 838. The molecule has 3 rings (SSSR count). The highest BCUT2D eigenvalue weighted by molar-refractivity contribution is 7.80. The average molecular weight is 382 g/mol. The molecule has 2 aromatic carbocycles. The molecule has 1 saturated heterocycles. The third kappa shape index (κ3) is 4.46. The van der Waals surface area contributed by atoms with Crippen LogP contribution in [0, 0.1) is 5.92 Å². The van der Waals surface area contributed by atoms with Gasteiger partial charge in [0.05, 0.1) is 12.6 Å². The molecule has 27 heavy (non-hydrogen) atoms. The monoisotopic (exact) mass is 382 g/mol. The number of benzene rings is 2. The first-order chi connectivity index (χ1) is 13.1. The van der Waals surface area contributed by atoms with Gasteiger partial charge in [-0.25, -0.2) is 0 Å². The van der Waals surface area contributed by atoms with Crippen LogP contribution in [0.2, 0.25) is 0 Å². The Morgan fingerprint density at radius 2 is 1.85 bits per heavy atom. The van der Waals surface area contributed by atoms with Crippen molar-refractivity contribution < 1.29 is 14.3 Å². The number of hydrogen-bond acceptors (Lipinski definition) is 4. The minimum Gasteiger partial charge on any atom is -0.489 e. The maximum atomic E-state index is 12.5. The second-order valence-corrected chi connectivity index (χ2v) is 6.55. The van der Waals surface area contributed by atoms with E-state index in [9.17, 15) is 4.79 Å². The fraction of sp³-hybridized carbons (Fsp3) is 0.238. The standard InChI is InChI=1S/C21H22N2O3S/c1-3-25-20(24)18-14(2)22-21(27)23-19(18)16-11-7-8-12-17(16)26-13-15-9-5-4-6-10-15/h4-12,18-19H,2-3,13H2,1H3,(H2,22,23,27). The van der Waals surface area contributed by atoms with E-state index in [4.69, 9.17) is 21.7 Å². The predicted molar refractivity (Wildman–Crippen MR) is 108 cm³/mol. The van der Waals surface area contributed by atoms with Gasteiger partial charge in [0, 0.05) is 11.3 Å². The number of thiocarbonyl (C=S) groups is 1. The molecular formula is C21H22N2O3S. The van der Waals surface area contributed by atoms with Gasteiger partial charge >= 0.3 is 5.97 Å². The molecule has 2 atom stereocenters. The Morgan fingerprint density at radius 3 is 2.59 bits per heavy atom. The number of ether oxygens (including phenoxy) is 2. The highest BCUT2D eigenvalue weighted by Gasteiger charge is 2.38. The van der Waals surface area contributed by atoms with Gasteiger partial charge in [0.1, 0.15) is 18.3 Å². The molecule has 0 radical (unpaired) electrons. The molecule has 2 unspecified atom stereocenters. The molecule has 1 heterocycles. The Balaban J connectivity index is 1.89. The molecule has 6 heteroatoms. The molecule has 2 aromatic rings. The minimum atomic E-state index is -0.613. The lowest BCUT2D eigenvalue weighted by atomic mass is 9.88. The van der Waals surface area contributed by atoms with Crippen molar-refractivity contribution >= 4 is 23.3 Å². The summed E-state index contributed by atoms with van der Waals surface area (Å²) < 4.78 is 11.3. The minimum absolute atomic E-state index is 0.298. The molecule has 0 aliphatic carbocycles. The van der Waals surface area contributed by atoms with Crippen LogP contribution in [0.5, 0.6) is 5.75 Å². The highest BCUT2D eigenvalue weighted by Crippen LogP contribution is 2.35. The van der Waals surface area contributed by atoms with Crippen molar-refractivity contribution in [3.05, 3.63) is 78.0 Å². The van der Waals surface area contributed by atoms with E-state index in [0.29, 0.717) is 29.8 Å². The summed E-state index contributed by atoms with van der Waals surface area (Å²) in [5, 5.41) is 6.52. The summed E-state index contributed by atoms with van der Waals surface area (Å²) in [6.45, 7) is 6.47. The Labute approximate surface area is 164 Å². The summed E-state index contributed by atoms with van der Waals surface area (Å²) >= 11 is 5.27. The van der Waals surface area contributed by atoms with Crippen LogP contribution in [0.4, 0.5) is 0 Å². The number of para-hydroxylation sites is 1. The quantitative estimate of drug-likeness (QED) is 0.589. The van der Waals surface area contributed by atoms with Crippen LogP contribution in [-0.2, 0) is 16.1 Å². The number of nitrogens with one attached hydrogen (secondary N) is 2. The lowest BCUT2D eigenvalue weighted by Crippen LogP contribution is -2.51. The van der Waals surface area contributed by atoms with Gasteiger partial charge in [-0.2, -0.15) is 0 Å². The molecule has 0 saturated carbocycles. The van der Waals surface area contributed by atoms with Crippen LogP contribution < -0.4 is 15.4 Å². The zero-order valence-corrected chi connectivity index (χ0v) is 15.9. The first kappa shape index (κ1) is 18.9. The fourth-order valence-corrected chi connectivity index (χ4v) is 3.32. The Kier molecular flexibility index (Phi) is 6.08. The maximum absolute atomic E-state index is 12.5. The number of rotatable bonds is 6. The van der Waals surface area contributed by atoms with E-state index >= 15 is 0 Å². The van der Waals surface area contributed by atoms with Crippen LogP contribution >= 0.6 is 12.2 Å². The van der Waals surface area contributed by atoms with Gasteiger partial charge < -0.3 is 20.1 Å². The van der Waals surface area contributed by atoms with Crippen molar-refractivity contribution in [3.63, 3.8) is 0 Å². The second kappa shape index (κ2) is 8.68. The number of hydrogen-bond donors (Lipinski definition) is 2. The van der Waals surface area contributed by atoms with E-state index in [2.05, 4.69) is 17.2 Å². The summed E-state index contributed by atoms with van der Waals surface area (Å²) in [7, 11) is 0. The van der Waals surface area contributed by atoms with Crippen LogP contribution in [0.25, 0.3) is 0 Å². The van der Waals surface area contributed by atoms with Crippen LogP contribution in [0.15, 0.2) is 66.9 Å². The third-order valence-electron chi connectivity index (χ3n) is 4.30. The van der Waals surface area contributed by atoms with E-state index in [1.165, 1.54) is 0 Å². The van der Waals surface area contributed by atoms with E-state index in [0.717, 1.165) is 11.1 Å². The normalized spacial score (nSPS) is 19.0. The number of carbonyl (C=O) groups is 1. The van der Waals surface area contributed by atoms with E-state index in [-0.39, 0.29) is 5.97 Å². The first-order valence-corrected chi connectivity index (χ1v) is 9.19. The fourth-order valence-electron chi connectivity index (χ4n) is 3.06. The van der Waals surface area contributed by atoms with Crippen molar-refractivity contribution in [2.24, 2.45) is 5.92 Å². The molecule has 0 spiro atoms. The lowest BCUT2D eigenvalue weighted by molar-refractivity contribution is -0.147. The second-order valence-electron chi connectivity index (χ2n) is 6.14. The van der Waals surface area contributed by atoms with Crippen molar-refractivity contribution in [2.75, 3.05) is 6.61 Å². The highest BCUT2D eigenvalue weighted by atomic mass is 32.1. The van der Waals surface area contributed by atoms with Crippen molar-refractivity contribution in [1.29, 1.82) is 0 Å². The molecule has 1 aliphatic heterocycles. The molecule has 0 amide bonds. The summed E-state index contributed by atoms with van der Waals surface area (Å²) in [5.41, 5.74) is 2.41. The topological polar surface area (TPSA) is 59.6 Å². The summed E-state index contributed by atoms with van der Waals surface area (Å²) in [4.78, 5) is 12.5. The van der Waals surface area contributed by atoms with Gasteiger partial charge in [0.2, 0.25) is 0 Å². The van der Waals surface area contributed by atoms with E-state index in [1.807, 2.05) is 54.6 Å². The van der Waals surface area contributed by atoms with Gasteiger partial charge in [-0.05, 0) is 30.8 Å². The smallest absolute Gasteiger partial charge is 0.317 e. The molecular weight excluding hydrogens is 360 g/mol. The number of esters is 1. The SMILES string of the molecule is C=C1NC(=S)NC(c2ccccc2OCc2ccccc2)C1C(=O)OCC. The van der Waals surface area contributed by atoms with Crippen LogP contribution in [0.1, 0.15) is 24.1 Å². The van der Waals surface area contributed by atoms with Crippen LogP contribution in [-0.4, -0.2) is 17.7 Å². The molecule has 0 bridgehead atoms. The molecule has 1 fully saturated rings. The average Bonchev–Trinajstić information content (AvgIpc) is 2.67. The molecule has 0 aromatic heterocycles. The van der Waals surface area contributed by atoms with Crippen molar-refractivity contribution in [2.45, 2.75) is 19.6 Å². The molecule has 1 aliphatic rings. The maximum Gasteiger partial charge on any atom is 0.317 e. The van der Waals surface area contributed by atoms with Crippen molar-refractivity contribution in [3.8, 4) is 5.75 Å². The summed E-state index contributed by atoms with van der Waals surface area (Å²) in [6, 6.07) is 17.1. The van der Waals surface area contributed by atoms with Crippen molar-refractivity contribution in [1.82, 2.24) is 10.6 Å². The molecule has 5 nitrogen and oxygen atoms in total. The van der Waals surface area contributed by atoms with E-state index in [1.54, 1.807) is 6.92 Å². The first-order valence-electron chi connectivity index (χ1n) is 8.78. The van der Waals surface area contributed by atoms with Gasteiger partial charge in [0.25, 0.3) is 0 Å². The Morgan fingerprint density at radius 1 is 1.15 bits per heavy atom. The van der Waals surface area contributed by atoms with Gasteiger partial charge in [-0.3, -0.25) is 4.79 Å². The largest absolute Gasteiger partial charge is 0.489 e. The summed E-state index contributed by atoms with van der Waals surface area (Å²) in [6.07, 6.45) is 0. The van der Waals surface area contributed by atoms with E-state index < -0.39 is 12.0 Å². The molecule has 140 valence electrons. The zero-order valence-electron chi connectivity index (χ0n) is 15.1. The van der Waals surface area contributed by atoms with Gasteiger partial charge in [0.15, 0.2) is 5.11 Å². The van der Waals surface area contributed by atoms with Gasteiger partial charge in [-0.1, -0.05) is 55.1 Å². The Hall–Kier alpha value is -2.86. The number of carbonyl (C=O) groups excluding carboxylic acids is 1. The lowest BCUT2D eigenvalue weighted by Gasteiger charge is -2.35. The van der Waals surface area contributed by atoms with Crippen LogP contribution in [0.3, 0.4) is 0 Å². The predicted octanol–water partition coefficient (Wildman–Crippen LogP) is 3.48. The summed E-state index contributed by atoms with van der Waals surface area (Å²) in [5.74, 6) is -0.281.